The smallest absolute Gasteiger partial charge is 0.323 e. The van der Waals surface area contributed by atoms with Crippen LogP contribution < -0.4 is 5.32 Å². The van der Waals surface area contributed by atoms with Crippen molar-refractivity contribution in [3.63, 3.8) is 0 Å². The number of aliphatic hydroxyl groups excluding tert-OH is 2. The SMILES string of the molecule is Cn1c([C@H](O)[C@H](CO)NC(=O)C(Cl)Cl)ccc1[N+](=O)[O-]. The maximum absolute atomic E-state index is 11.3. The van der Waals surface area contributed by atoms with Crippen LogP contribution in [0.5, 0.6) is 0 Å². The van der Waals surface area contributed by atoms with E-state index in [4.69, 9.17) is 23.2 Å². The molecule has 0 saturated heterocycles. The minimum Gasteiger partial charge on any atom is -0.394 e. The van der Waals surface area contributed by atoms with Gasteiger partial charge >= 0.3 is 5.82 Å². The van der Waals surface area contributed by atoms with Crippen molar-refractivity contribution in [1.82, 2.24) is 9.88 Å². The highest BCUT2D eigenvalue weighted by Crippen LogP contribution is 2.23. The summed E-state index contributed by atoms with van der Waals surface area (Å²) in [6.45, 7) is -0.591. The van der Waals surface area contributed by atoms with Gasteiger partial charge in [0.15, 0.2) is 4.84 Å². The van der Waals surface area contributed by atoms with Crippen LogP contribution in [0.4, 0.5) is 5.82 Å². The largest absolute Gasteiger partial charge is 0.394 e. The molecule has 1 aromatic rings. The summed E-state index contributed by atoms with van der Waals surface area (Å²) in [7, 11) is 1.39. The van der Waals surface area contributed by atoms with Gasteiger partial charge in [-0.05, 0) is 11.0 Å². The number of carbonyl (C=O) groups excluding carboxylic acids is 1. The van der Waals surface area contributed by atoms with Crippen LogP contribution in [-0.4, -0.2) is 43.1 Å². The molecule has 0 radical (unpaired) electrons. The van der Waals surface area contributed by atoms with Crippen LogP contribution in [0.15, 0.2) is 12.1 Å². The van der Waals surface area contributed by atoms with Crippen LogP contribution in [0.1, 0.15) is 11.8 Å². The highest BCUT2D eigenvalue weighted by molar-refractivity contribution is 6.53. The van der Waals surface area contributed by atoms with Crippen molar-refractivity contribution in [3.8, 4) is 0 Å². The Bertz CT molecular complexity index is 505. The lowest BCUT2D eigenvalue weighted by atomic mass is 10.1. The monoisotopic (exact) mass is 325 g/mol. The summed E-state index contributed by atoms with van der Waals surface area (Å²) in [5.41, 5.74) is 0.164. The first-order valence-corrected chi connectivity index (χ1v) is 6.34. The van der Waals surface area contributed by atoms with Crippen LogP contribution in [0.25, 0.3) is 0 Å². The molecule has 1 rings (SSSR count). The van der Waals surface area contributed by atoms with Crippen molar-refractivity contribution < 1.29 is 19.9 Å². The van der Waals surface area contributed by atoms with E-state index in [2.05, 4.69) is 5.32 Å². The van der Waals surface area contributed by atoms with Crippen molar-refractivity contribution in [2.24, 2.45) is 7.05 Å². The molecule has 0 fully saturated rings. The van der Waals surface area contributed by atoms with Crippen molar-refractivity contribution in [2.45, 2.75) is 17.0 Å². The van der Waals surface area contributed by atoms with E-state index in [-0.39, 0.29) is 11.5 Å². The van der Waals surface area contributed by atoms with Gasteiger partial charge in [-0.15, -0.1) is 0 Å². The van der Waals surface area contributed by atoms with E-state index >= 15 is 0 Å². The number of nitrogens with one attached hydrogen (secondary N) is 1. The van der Waals surface area contributed by atoms with Crippen molar-refractivity contribution >= 4 is 34.9 Å². The molecule has 2 atom stereocenters. The van der Waals surface area contributed by atoms with Crippen LogP contribution in [0.3, 0.4) is 0 Å². The Balaban J connectivity index is 2.94. The number of hydrogen-bond donors (Lipinski definition) is 3. The average molecular weight is 326 g/mol. The van der Waals surface area contributed by atoms with Crippen LogP contribution in [0.2, 0.25) is 0 Å². The molecule has 3 N–H and O–H groups in total. The number of amides is 1. The Morgan fingerprint density at radius 2 is 2.15 bits per heavy atom. The first kappa shape index (κ1) is 16.7. The number of aliphatic hydroxyl groups is 2. The lowest BCUT2D eigenvalue weighted by Crippen LogP contribution is -2.44. The predicted molar refractivity (Wildman–Crippen MR) is 71.5 cm³/mol. The molecule has 0 saturated carbocycles. The summed E-state index contributed by atoms with van der Waals surface area (Å²) in [4.78, 5) is 20.1. The Kier molecular flexibility index (Phi) is 5.75. The molecular formula is C10H13Cl2N3O5. The fraction of sp³-hybridized carbons (Fsp3) is 0.500. The Hall–Kier alpha value is -1.35. The minimum atomic E-state index is -1.35. The van der Waals surface area contributed by atoms with Gasteiger partial charge in [0.1, 0.15) is 11.8 Å². The number of nitrogens with zero attached hydrogens (tertiary/aromatic N) is 2. The summed E-state index contributed by atoms with van der Waals surface area (Å²) >= 11 is 10.7. The molecule has 112 valence electrons. The van der Waals surface area contributed by atoms with Gasteiger partial charge in [0, 0.05) is 6.07 Å². The number of rotatable bonds is 6. The quantitative estimate of drug-likeness (QED) is 0.393. The van der Waals surface area contributed by atoms with Gasteiger partial charge in [-0.2, -0.15) is 0 Å². The zero-order valence-corrected chi connectivity index (χ0v) is 11.9. The third-order valence-corrected chi connectivity index (χ3v) is 3.12. The standard InChI is InChI=1S/C10H13Cl2N3O5/c1-14-6(2-3-7(14)15(19)20)8(17)5(4-16)13-10(18)9(11)12/h2-3,5,8-9,16-17H,4H2,1H3,(H,13,18)/t5-,8+/m0/s1. The highest BCUT2D eigenvalue weighted by Gasteiger charge is 2.29. The van der Waals surface area contributed by atoms with Crippen LogP contribution in [0, 0.1) is 10.1 Å². The third kappa shape index (κ3) is 3.60. The van der Waals surface area contributed by atoms with E-state index in [0.29, 0.717) is 0 Å². The van der Waals surface area contributed by atoms with Gasteiger partial charge < -0.3 is 25.6 Å². The molecule has 8 nitrogen and oxygen atoms in total. The number of carbonyl (C=O) groups is 1. The van der Waals surface area contributed by atoms with Gasteiger partial charge in [-0.1, -0.05) is 23.2 Å². The van der Waals surface area contributed by atoms with Crippen LogP contribution in [-0.2, 0) is 11.8 Å². The fourth-order valence-electron chi connectivity index (χ4n) is 1.67. The normalized spacial score (nSPS) is 14.1. The predicted octanol–water partition coefficient (Wildman–Crippen LogP) is 0.247. The number of alkyl halides is 2. The first-order chi connectivity index (χ1) is 9.29. The van der Waals surface area contributed by atoms with E-state index in [1.807, 2.05) is 0 Å². The second kappa shape index (κ2) is 6.89. The van der Waals surface area contributed by atoms with Gasteiger partial charge in [-0.3, -0.25) is 4.79 Å². The molecular weight excluding hydrogens is 313 g/mol. The molecule has 0 spiro atoms. The Morgan fingerprint density at radius 1 is 1.55 bits per heavy atom. The van der Waals surface area contributed by atoms with E-state index < -0.39 is 34.4 Å². The molecule has 1 amide bonds. The van der Waals surface area contributed by atoms with Gasteiger partial charge in [-0.25, -0.2) is 4.57 Å². The van der Waals surface area contributed by atoms with Gasteiger partial charge in [0.05, 0.1) is 19.7 Å². The molecule has 10 heteroatoms. The van der Waals surface area contributed by atoms with E-state index in [0.717, 1.165) is 4.57 Å². The Labute approximate surface area is 124 Å². The molecule has 0 aliphatic heterocycles. The number of aromatic nitrogens is 1. The lowest BCUT2D eigenvalue weighted by Gasteiger charge is -2.21. The molecule has 0 aliphatic rings. The zero-order valence-electron chi connectivity index (χ0n) is 10.4. The fourth-order valence-corrected chi connectivity index (χ4v) is 1.80. The van der Waals surface area contributed by atoms with Gasteiger partial charge in [0.25, 0.3) is 5.91 Å². The number of nitro groups is 1. The van der Waals surface area contributed by atoms with Crippen molar-refractivity contribution in [3.05, 3.63) is 27.9 Å². The average Bonchev–Trinajstić information content (AvgIpc) is 2.76. The van der Waals surface area contributed by atoms with E-state index in [1.54, 1.807) is 0 Å². The number of halogens is 2. The summed E-state index contributed by atoms with van der Waals surface area (Å²) < 4.78 is 1.15. The summed E-state index contributed by atoms with van der Waals surface area (Å²) in [5, 5.41) is 32.2. The van der Waals surface area contributed by atoms with Gasteiger partial charge in [0.2, 0.25) is 0 Å². The summed E-state index contributed by atoms with van der Waals surface area (Å²) in [5.74, 6) is -1.01. The second-order valence-electron chi connectivity index (χ2n) is 3.98. The molecule has 0 unspecified atom stereocenters. The summed E-state index contributed by atoms with van der Waals surface area (Å²) in [6.07, 6.45) is -1.35. The minimum absolute atomic E-state index is 0.164. The molecule has 0 aliphatic carbocycles. The van der Waals surface area contributed by atoms with Crippen LogP contribution >= 0.6 is 23.2 Å². The highest BCUT2D eigenvalue weighted by atomic mass is 35.5. The lowest BCUT2D eigenvalue weighted by molar-refractivity contribution is -0.391. The third-order valence-electron chi connectivity index (χ3n) is 2.73. The van der Waals surface area contributed by atoms with Crippen molar-refractivity contribution in [2.75, 3.05) is 6.61 Å². The molecule has 1 heterocycles. The maximum atomic E-state index is 11.3. The molecule has 0 bridgehead atoms. The molecule has 0 aromatic carbocycles. The Morgan fingerprint density at radius 3 is 2.55 bits per heavy atom. The van der Waals surface area contributed by atoms with E-state index in [9.17, 15) is 25.1 Å². The summed E-state index contributed by atoms with van der Waals surface area (Å²) in [6, 6.07) is 1.45. The first-order valence-electron chi connectivity index (χ1n) is 5.47. The second-order valence-corrected chi connectivity index (χ2v) is 5.07. The van der Waals surface area contributed by atoms with Crippen molar-refractivity contribution in [1.29, 1.82) is 0 Å². The molecule has 20 heavy (non-hydrogen) atoms. The molecule has 1 aromatic heterocycles. The van der Waals surface area contributed by atoms with E-state index in [1.165, 1.54) is 19.2 Å². The number of hydrogen-bond acceptors (Lipinski definition) is 5. The topological polar surface area (TPSA) is 118 Å². The zero-order chi connectivity index (χ0) is 15.4. The maximum Gasteiger partial charge on any atom is 0.323 e.